The fourth-order valence-electron chi connectivity index (χ4n) is 1.95. The van der Waals surface area contributed by atoms with Gasteiger partial charge in [-0.05, 0) is 23.8 Å². The summed E-state index contributed by atoms with van der Waals surface area (Å²) in [6.45, 7) is 0. The van der Waals surface area contributed by atoms with E-state index >= 15 is 0 Å². The number of aromatic hydroxyl groups is 1. The van der Waals surface area contributed by atoms with Crippen LogP contribution >= 0.6 is 0 Å². The first-order valence-electron chi connectivity index (χ1n) is 6.18. The normalized spacial score (nSPS) is 10.6. The molecule has 0 fully saturated rings. The van der Waals surface area contributed by atoms with Crippen LogP contribution in [-0.4, -0.2) is 15.2 Å². The Kier molecular flexibility index (Phi) is 3.09. The maximum absolute atomic E-state index is 9.45. The van der Waals surface area contributed by atoms with Gasteiger partial charge in [0.05, 0.1) is 6.42 Å². The van der Waals surface area contributed by atoms with Gasteiger partial charge in [-0.2, -0.15) is 4.98 Å². The van der Waals surface area contributed by atoms with Crippen LogP contribution in [0.1, 0.15) is 11.5 Å². The lowest BCUT2D eigenvalue weighted by Crippen LogP contribution is -1.95. The summed E-state index contributed by atoms with van der Waals surface area (Å²) in [5.74, 6) is 1.10. The smallest absolute Gasteiger partial charge is 0.231 e. The third kappa shape index (κ3) is 2.47. The molecule has 3 aromatic rings. The van der Waals surface area contributed by atoms with E-state index < -0.39 is 0 Å². The van der Waals surface area contributed by atoms with Gasteiger partial charge >= 0.3 is 0 Å². The number of rotatable bonds is 3. The molecule has 2 aromatic carbocycles. The molecule has 100 valence electrons. The number of para-hydroxylation sites is 1. The summed E-state index contributed by atoms with van der Waals surface area (Å²) in [4.78, 5) is 4.31. The maximum Gasteiger partial charge on any atom is 0.231 e. The molecule has 3 N–H and O–H groups in total. The number of nitrogen functional groups attached to an aromatic ring is 1. The molecule has 0 aliphatic heterocycles. The van der Waals surface area contributed by atoms with Crippen LogP contribution in [0.15, 0.2) is 53.1 Å². The SMILES string of the molecule is Nc1ccccc1Cc1nc(-c2cccc(O)c2)no1. The summed E-state index contributed by atoms with van der Waals surface area (Å²) in [5.41, 5.74) is 8.23. The third-order valence-corrected chi connectivity index (χ3v) is 2.97. The zero-order valence-corrected chi connectivity index (χ0v) is 10.7. The van der Waals surface area contributed by atoms with Gasteiger partial charge in [0.15, 0.2) is 0 Å². The third-order valence-electron chi connectivity index (χ3n) is 2.97. The van der Waals surface area contributed by atoms with Crippen molar-refractivity contribution < 1.29 is 9.63 Å². The quantitative estimate of drug-likeness (QED) is 0.712. The number of anilines is 1. The number of aromatic nitrogens is 2. The van der Waals surface area contributed by atoms with Crippen molar-refractivity contribution in [3.8, 4) is 17.1 Å². The molecular weight excluding hydrogens is 254 g/mol. The van der Waals surface area contributed by atoms with Crippen LogP contribution in [0.25, 0.3) is 11.4 Å². The average Bonchev–Trinajstić information content (AvgIpc) is 2.90. The number of nitrogens with zero attached hydrogens (tertiary/aromatic N) is 2. The molecule has 0 unspecified atom stereocenters. The van der Waals surface area contributed by atoms with Crippen LogP contribution in [0.2, 0.25) is 0 Å². The van der Waals surface area contributed by atoms with Gasteiger partial charge in [-0.3, -0.25) is 0 Å². The summed E-state index contributed by atoms with van der Waals surface area (Å²) in [7, 11) is 0. The van der Waals surface area contributed by atoms with E-state index in [1.165, 1.54) is 0 Å². The van der Waals surface area contributed by atoms with E-state index in [-0.39, 0.29) is 5.75 Å². The summed E-state index contributed by atoms with van der Waals surface area (Å²) >= 11 is 0. The standard InChI is InChI=1S/C15H13N3O2/c16-13-7-2-1-4-10(13)9-14-17-15(18-20-14)11-5-3-6-12(19)8-11/h1-8,19H,9,16H2. The molecule has 0 atom stereocenters. The molecule has 0 bridgehead atoms. The van der Waals surface area contributed by atoms with E-state index in [0.29, 0.717) is 29.4 Å². The molecule has 3 rings (SSSR count). The van der Waals surface area contributed by atoms with Gasteiger partial charge in [-0.25, -0.2) is 0 Å². The molecule has 20 heavy (non-hydrogen) atoms. The Morgan fingerprint density at radius 1 is 1.10 bits per heavy atom. The second-order valence-electron chi connectivity index (χ2n) is 4.44. The maximum atomic E-state index is 9.45. The fraction of sp³-hybridized carbons (Fsp3) is 0.0667. The van der Waals surface area contributed by atoms with Crippen LogP contribution < -0.4 is 5.73 Å². The predicted molar refractivity (Wildman–Crippen MR) is 75.1 cm³/mol. The molecular formula is C15H13N3O2. The van der Waals surface area contributed by atoms with E-state index in [2.05, 4.69) is 10.1 Å². The Balaban J connectivity index is 1.86. The molecule has 0 aliphatic carbocycles. The highest BCUT2D eigenvalue weighted by Gasteiger charge is 2.10. The summed E-state index contributed by atoms with van der Waals surface area (Å²) < 4.78 is 5.22. The zero-order chi connectivity index (χ0) is 13.9. The minimum atomic E-state index is 0.168. The van der Waals surface area contributed by atoms with Crippen LogP contribution in [0.3, 0.4) is 0 Å². The van der Waals surface area contributed by atoms with E-state index in [0.717, 1.165) is 5.56 Å². The first-order chi connectivity index (χ1) is 9.72. The Morgan fingerprint density at radius 2 is 1.95 bits per heavy atom. The van der Waals surface area contributed by atoms with Crippen molar-refractivity contribution in [2.24, 2.45) is 0 Å². The highest BCUT2D eigenvalue weighted by atomic mass is 16.5. The zero-order valence-electron chi connectivity index (χ0n) is 10.7. The molecule has 0 saturated carbocycles. The highest BCUT2D eigenvalue weighted by molar-refractivity contribution is 5.56. The van der Waals surface area contributed by atoms with Crippen molar-refractivity contribution in [2.75, 3.05) is 5.73 Å². The molecule has 0 saturated heterocycles. The monoisotopic (exact) mass is 267 g/mol. The molecule has 0 spiro atoms. The van der Waals surface area contributed by atoms with Crippen molar-refractivity contribution >= 4 is 5.69 Å². The lowest BCUT2D eigenvalue weighted by Gasteiger charge is -2.00. The highest BCUT2D eigenvalue weighted by Crippen LogP contribution is 2.22. The first kappa shape index (κ1) is 12.2. The molecule has 0 aliphatic rings. The topological polar surface area (TPSA) is 85.2 Å². The predicted octanol–water partition coefficient (Wildman–Crippen LogP) is 2.62. The molecule has 1 aromatic heterocycles. The largest absolute Gasteiger partial charge is 0.508 e. The molecule has 0 amide bonds. The van der Waals surface area contributed by atoms with Crippen LogP contribution in [0.4, 0.5) is 5.69 Å². The Morgan fingerprint density at radius 3 is 2.75 bits per heavy atom. The van der Waals surface area contributed by atoms with Gasteiger partial charge in [0, 0.05) is 11.3 Å². The van der Waals surface area contributed by atoms with Gasteiger partial charge in [-0.1, -0.05) is 35.5 Å². The summed E-state index contributed by atoms with van der Waals surface area (Å²) in [6, 6.07) is 14.3. The van der Waals surface area contributed by atoms with E-state index in [1.54, 1.807) is 18.2 Å². The van der Waals surface area contributed by atoms with Crippen molar-refractivity contribution in [3.05, 3.63) is 60.0 Å². The van der Waals surface area contributed by atoms with Crippen LogP contribution in [-0.2, 0) is 6.42 Å². The number of hydrogen-bond acceptors (Lipinski definition) is 5. The lowest BCUT2D eigenvalue weighted by atomic mass is 10.1. The van der Waals surface area contributed by atoms with Crippen molar-refractivity contribution in [1.82, 2.24) is 10.1 Å². The number of benzene rings is 2. The van der Waals surface area contributed by atoms with Gasteiger partial charge in [0.1, 0.15) is 5.75 Å². The Hall–Kier alpha value is -2.82. The van der Waals surface area contributed by atoms with Crippen molar-refractivity contribution in [1.29, 1.82) is 0 Å². The second kappa shape index (κ2) is 5.05. The van der Waals surface area contributed by atoms with Crippen LogP contribution in [0.5, 0.6) is 5.75 Å². The van der Waals surface area contributed by atoms with E-state index in [9.17, 15) is 5.11 Å². The van der Waals surface area contributed by atoms with Gasteiger partial charge in [0.25, 0.3) is 0 Å². The molecule has 1 heterocycles. The van der Waals surface area contributed by atoms with Gasteiger partial charge in [-0.15, -0.1) is 0 Å². The van der Waals surface area contributed by atoms with E-state index in [1.807, 2.05) is 30.3 Å². The van der Waals surface area contributed by atoms with Crippen molar-refractivity contribution in [2.45, 2.75) is 6.42 Å². The summed E-state index contributed by atoms with van der Waals surface area (Å²) in [6.07, 6.45) is 0.485. The second-order valence-corrected chi connectivity index (χ2v) is 4.44. The average molecular weight is 267 g/mol. The fourth-order valence-corrected chi connectivity index (χ4v) is 1.95. The summed E-state index contributed by atoms with van der Waals surface area (Å²) in [5, 5.41) is 13.4. The lowest BCUT2D eigenvalue weighted by molar-refractivity contribution is 0.386. The molecule has 5 nitrogen and oxygen atoms in total. The number of nitrogens with two attached hydrogens (primary N) is 1. The van der Waals surface area contributed by atoms with Gasteiger partial charge in [0.2, 0.25) is 11.7 Å². The minimum absolute atomic E-state index is 0.168. The molecule has 5 heteroatoms. The molecule has 0 radical (unpaired) electrons. The number of hydrogen-bond donors (Lipinski definition) is 2. The van der Waals surface area contributed by atoms with E-state index in [4.69, 9.17) is 10.3 Å². The first-order valence-corrected chi connectivity index (χ1v) is 6.18. The number of phenolic OH excluding ortho intramolecular Hbond substituents is 1. The minimum Gasteiger partial charge on any atom is -0.508 e. The Bertz CT molecular complexity index is 737. The van der Waals surface area contributed by atoms with Crippen molar-refractivity contribution in [3.63, 3.8) is 0 Å². The number of phenols is 1. The Labute approximate surface area is 115 Å². The van der Waals surface area contributed by atoms with Crippen LogP contribution in [0, 0.1) is 0 Å². The van der Waals surface area contributed by atoms with Gasteiger partial charge < -0.3 is 15.4 Å².